The molecule has 0 unspecified atom stereocenters. The van der Waals surface area contributed by atoms with Crippen LogP contribution in [0.3, 0.4) is 0 Å². The molecule has 0 aliphatic heterocycles. The molecule has 0 heterocycles. The van der Waals surface area contributed by atoms with Crippen molar-refractivity contribution in [1.82, 2.24) is 0 Å². The van der Waals surface area contributed by atoms with Gasteiger partial charge in [0.1, 0.15) is 0 Å². The van der Waals surface area contributed by atoms with Gasteiger partial charge < -0.3 is 24.8 Å². The molecule has 0 aromatic heterocycles. The molecular weight excluding hydrogens is 287 g/mol. The average molecular weight is 297 g/mol. The molecule has 0 saturated heterocycles. The minimum atomic E-state index is 0. The molecule has 0 N–H and O–H groups in total. The monoisotopic (exact) mass is 298 g/mol. The summed E-state index contributed by atoms with van der Waals surface area (Å²) in [6, 6.07) is 0. The molecule has 0 fully saturated rings. The summed E-state index contributed by atoms with van der Waals surface area (Å²) in [5, 5.41) is 0. The number of hydrogen-bond acceptors (Lipinski definition) is 0. The van der Waals surface area contributed by atoms with Crippen LogP contribution in [-0.4, -0.2) is 0 Å². The van der Waals surface area contributed by atoms with Crippen molar-refractivity contribution in [2.45, 2.75) is 12.8 Å². The molecule has 2 aliphatic rings. The van der Waals surface area contributed by atoms with E-state index in [2.05, 4.69) is 24.3 Å². The molecule has 0 aromatic carbocycles. The zero-order valence-electron chi connectivity index (χ0n) is 7.04. The van der Waals surface area contributed by atoms with Crippen molar-refractivity contribution in [3.05, 3.63) is 48.6 Å². The second kappa shape index (κ2) is 14.7. The molecule has 0 spiro atoms. The van der Waals surface area contributed by atoms with Gasteiger partial charge in [-0.25, -0.2) is 24.3 Å². The van der Waals surface area contributed by atoms with Crippen LogP contribution in [0, 0.1) is 12.2 Å². The van der Waals surface area contributed by atoms with E-state index in [9.17, 15) is 0 Å². The average Bonchev–Trinajstić information content (AvgIpc) is 2.67. The Balaban J connectivity index is -0.000000125. The van der Waals surface area contributed by atoms with E-state index in [1.54, 1.807) is 0 Å². The van der Waals surface area contributed by atoms with E-state index < -0.39 is 0 Å². The first kappa shape index (κ1) is 18.9. The molecule has 0 radical (unpaired) electrons. The standard InChI is InChI=1S/2C5H5.2ClH.Mo/c2*1-2-4-5-3-1;;;/h2*1-3H,4H2;2*1H;/q2*-1;;;+4/p-2. The van der Waals surface area contributed by atoms with Crippen LogP contribution in [0.1, 0.15) is 12.8 Å². The van der Waals surface area contributed by atoms with E-state index in [-0.39, 0.29) is 45.9 Å². The van der Waals surface area contributed by atoms with Gasteiger partial charge in [-0.15, -0.1) is 12.8 Å². The van der Waals surface area contributed by atoms with Gasteiger partial charge in [-0.05, 0) is 0 Å². The molecule has 0 bridgehead atoms. The first-order valence-corrected chi connectivity index (χ1v) is 3.43. The Morgan fingerprint density at radius 1 is 0.769 bits per heavy atom. The number of halogens is 2. The van der Waals surface area contributed by atoms with Gasteiger partial charge in [-0.2, -0.15) is 12.2 Å². The molecule has 0 nitrogen and oxygen atoms in total. The smallest absolute Gasteiger partial charge is 1.00 e. The fourth-order valence-corrected chi connectivity index (χ4v) is 0.680. The maximum absolute atomic E-state index is 2.99. The molecule has 0 aromatic rings. The molecule has 13 heavy (non-hydrogen) atoms. The molecule has 2 aliphatic carbocycles. The zero-order valence-corrected chi connectivity index (χ0v) is 10.6. The van der Waals surface area contributed by atoms with Crippen molar-refractivity contribution < 1.29 is 45.9 Å². The molecule has 0 saturated carbocycles. The first-order valence-electron chi connectivity index (χ1n) is 3.43. The second-order valence-corrected chi connectivity index (χ2v) is 2.01. The minimum absolute atomic E-state index is 0. The summed E-state index contributed by atoms with van der Waals surface area (Å²) in [5.41, 5.74) is 0. The van der Waals surface area contributed by atoms with Crippen LogP contribution in [0.5, 0.6) is 0 Å². The third-order valence-corrected chi connectivity index (χ3v) is 1.17. The van der Waals surface area contributed by atoms with Crippen molar-refractivity contribution in [2.24, 2.45) is 0 Å². The minimum Gasteiger partial charge on any atom is -1.00 e. The third-order valence-electron chi connectivity index (χ3n) is 1.17. The Hall–Kier alpha value is 0.228. The van der Waals surface area contributed by atoms with Crippen LogP contribution in [0.25, 0.3) is 0 Å². The van der Waals surface area contributed by atoms with E-state index in [1.807, 2.05) is 24.3 Å². The first-order chi connectivity index (χ1) is 5.00. The molecule has 0 atom stereocenters. The Kier molecular flexibility index (Phi) is 21.4. The van der Waals surface area contributed by atoms with E-state index in [0.717, 1.165) is 12.8 Å². The number of allylic oxidation sites excluding steroid dienone is 8. The summed E-state index contributed by atoms with van der Waals surface area (Å²) >= 11 is 0. The summed E-state index contributed by atoms with van der Waals surface area (Å²) < 4.78 is 0. The molecule has 3 heteroatoms. The van der Waals surface area contributed by atoms with Crippen LogP contribution >= 0.6 is 0 Å². The van der Waals surface area contributed by atoms with Crippen LogP contribution in [0.4, 0.5) is 0 Å². The van der Waals surface area contributed by atoms with Crippen LogP contribution < -0.4 is 24.8 Å². The van der Waals surface area contributed by atoms with Gasteiger partial charge in [0.2, 0.25) is 0 Å². The predicted molar refractivity (Wildman–Crippen MR) is 43.1 cm³/mol. The SMILES string of the molecule is [C-]1=CC=CC1.[C-]1=CC=CC1.[Cl-].[Cl-].[Mo+4]. The summed E-state index contributed by atoms with van der Waals surface area (Å²) in [6.07, 6.45) is 20.0. The Labute approximate surface area is 107 Å². The van der Waals surface area contributed by atoms with Crippen molar-refractivity contribution in [2.75, 3.05) is 0 Å². The summed E-state index contributed by atoms with van der Waals surface area (Å²) in [6.45, 7) is 0. The van der Waals surface area contributed by atoms with Gasteiger partial charge in [-0.3, -0.25) is 12.2 Å². The quantitative estimate of drug-likeness (QED) is 0.323. The fourth-order valence-electron chi connectivity index (χ4n) is 0.680. The topological polar surface area (TPSA) is 0 Å². The van der Waals surface area contributed by atoms with Gasteiger partial charge in [0.05, 0.1) is 0 Å². The van der Waals surface area contributed by atoms with Crippen molar-refractivity contribution in [1.29, 1.82) is 0 Å². The summed E-state index contributed by atoms with van der Waals surface area (Å²) in [7, 11) is 0. The molecule has 0 amide bonds. The van der Waals surface area contributed by atoms with E-state index >= 15 is 0 Å². The van der Waals surface area contributed by atoms with Crippen molar-refractivity contribution in [3.8, 4) is 0 Å². The number of rotatable bonds is 0. The van der Waals surface area contributed by atoms with Crippen molar-refractivity contribution >= 4 is 0 Å². The normalized spacial score (nSPS) is 13.5. The fraction of sp³-hybridized carbons (Fsp3) is 0.200. The number of hydrogen-bond donors (Lipinski definition) is 0. The predicted octanol–water partition coefficient (Wildman–Crippen LogP) is -3.38. The Morgan fingerprint density at radius 3 is 1.23 bits per heavy atom. The summed E-state index contributed by atoms with van der Waals surface area (Å²) in [5.74, 6) is 0. The molecule has 70 valence electrons. The van der Waals surface area contributed by atoms with E-state index in [0.29, 0.717) is 0 Å². The second-order valence-electron chi connectivity index (χ2n) is 2.01. The van der Waals surface area contributed by atoms with Crippen LogP contribution in [-0.2, 0) is 21.1 Å². The van der Waals surface area contributed by atoms with Gasteiger partial charge >= 0.3 is 21.1 Å². The van der Waals surface area contributed by atoms with E-state index in [1.165, 1.54) is 0 Å². The Bertz CT molecular complexity index is 151. The maximum atomic E-state index is 2.99. The van der Waals surface area contributed by atoms with Gasteiger partial charge in [-0.1, -0.05) is 0 Å². The van der Waals surface area contributed by atoms with E-state index in [4.69, 9.17) is 0 Å². The maximum Gasteiger partial charge on any atom is 4.00 e. The zero-order chi connectivity index (χ0) is 7.07. The summed E-state index contributed by atoms with van der Waals surface area (Å²) in [4.78, 5) is 0. The van der Waals surface area contributed by atoms with Crippen molar-refractivity contribution in [3.63, 3.8) is 0 Å². The van der Waals surface area contributed by atoms with Gasteiger partial charge in [0.15, 0.2) is 0 Å². The van der Waals surface area contributed by atoms with Gasteiger partial charge in [0, 0.05) is 0 Å². The largest absolute Gasteiger partial charge is 4.00 e. The van der Waals surface area contributed by atoms with Gasteiger partial charge in [0.25, 0.3) is 0 Å². The molecule has 2 rings (SSSR count). The van der Waals surface area contributed by atoms with Crippen LogP contribution in [0.2, 0.25) is 0 Å². The van der Waals surface area contributed by atoms with Crippen LogP contribution in [0.15, 0.2) is 36.5 Å². The molecular formula is C10H10Cl2Mo. The Morgan fingerprint density at radius 2 is 1.15 bits per heavy atom. The third kappa shape index (κ3) is 12.2.